The van der Waals surface area contributed by atoms with Gasteiger partial charge < -0.3 is 33.8 Å². The second kappa shape index (κ2) is 14.1. The first-order valence-electron chi connectivity index (χ1n) is 11.2. The van der Waals surface area contributed by atoms with Crippen LogP contribution in [-0.2, 0) is 19.0 Å². The Bertz CT molecular complexity index is 1090. The summed E-state index contributed by atoms with van der Waals surface area (Å²) in [6.07, 6.45) is -1.73. The Kier molecular flexibility index (Phi) is 11.6. The zero-order valence-electron chi connectivity index (χ0n) is 21.3. The van der Waals surface area contributed by atoms with Gasteiger partial charge >= 0.3 is 5.97 Å². The minimum Gasteiger partial charge on any atom is -0.493 e. The van der Waals surface area contributed by atoms with Crippen LogP contribution in [-0.4, -0.2) is 57.4 Å². The van der Waals surface area contributed by atoms with Gasteiger partial charge in [-0.2, -0.15) is 0 Å². The molecule has 0 heterocycles. The Hall–Kier alpha value is -2.72. The molecule has 1 N–H and O–H groups in total. The number of hydrogen-bond acceptors (Lipinski definition) is 9. The van der Waals surface area contributed by atoms with Gasteiger partial charge in [0.2, 0.25) is 0 Å². The van der Waals surface area contributed by atoms with E-state index in [2.05, 4.69) is 0 Å². The molecule has 36 heavy (non-hydrogen) atoms. The van der Waals surface area contributed by atoms with Gasteiger partial charge in [-0.15, -0.1) is 0 Å². The van der Waals surface area contributed by atoms with E-state index < -0.39 is 18.2 Å². The SMILES string of the molecule is CCOC(=O)C[C@@H](O[C@H](c1cccc(OC)c1OC)c1cc(Cl)cc(OCOC)c1C(C)=N)C(C)=S. The number of para-hydroxylation sites is 1. The van der Waals surface area contributed by atoms with Crippen molar-refractivity contribution in [1.29, 1.82) is 5.41 Å². The van der Waals surface area contributed by atoms with Crippen molar-refractivity contribution in [2.45, 2.75) is 39.4 Å². The molecule has 0 amide bonds. The molecule has 2 atom stereocenters. The van der Waals surface area contributed by atoms with Crippen LogP contribution in [0.4, 0.5) is 0 Å². The standard InChI is InChI=1S/C26H32ClNO7S/c1-7-33-23(29)13-21(16(3)36)35-25(18-9-8-10-20(31-5)26(18)32-6)19-11-17(27)12-22(34-14-30-4)24(19)15(2)28/h8-12,21,25,28H,7,13-14H2,1-6H3/t21-,25-/m1/s1. The predicted molar refractivity (Wildman–Crippen MR) is 142 cm³/mol. The van der Waals surface area contributed by atoms with E-state index in [1.807, 2.05) is 6.07 Å². The molecule has 0 bridgehead atoms. The van der Waals surface area contributed by atoms with Crippen molar-refractivity contribution in [2.75, 3.05) is 34.7 Å². The number of hydrogen-bond donors (Lipinski definition) is 1. The summed E-state index contributed by atoms with van der Waals surface area (Å²) in [6.45, 7) is 5.26. The molecular formula is C26H32ClNO7S. The van der Waals surface area contributed by atoms with Crippen molar-refractivity contribution in [1.82, 2.24) is 0 Å². The summed E-state index contributed by atoms with van der Waals surface area (Å²) in [7, 11) is 4.55. The number of ether oxygens (including phenoxy) is 6. The van der Waals surface area contributed by atoms with Gasteiger partial charge in [-0.25, -0.2) is 0 Å². The molecule has 2 rings (SSSR count). The zero-order valence-corrected chi connectivity index (χ0v) is 22.9. The average molecular weight is 538 g/mol. The van der Waals surface area contributed by atoms with Crippen molar-refractivity contribution in [3.8, 4) is 17.2 Å². The summed E-state index contributed by atoms with van der Waals surface area (Å²) in [4.78, 5) is 12.8. The molecular weight excluding hydrogens is 506 g/mol. The third-order valence-corrected chi connectivity index (χ3v) is 5.70. The highest BCUT2D eigenvalue weighted by Crippen LogP contribution is 2.43. The summed E-state index contributed by atoms with van der Waals surface area (Å²) in [5, 5.41) is 8.87. The van der Waals surface area contributed by atoms with Crippen LogP contribution in [0.5, 0.6) is 17.2 Å². The van der Waals surface area contributed by atoms with Gasteiger partial charge in [0.1, 0.15) is 18.0 Å². The number of rotatable bonds is 14. The van der Waals surface area contributed by atoms with Gasteiger partial charge in [-0.3, -0.25) is 4.79 Å². The fourth-order valence-corrected chi connectivity index (χ4v) is 4.06. The number of halogens is 1. The summed E-state index contributed by atoms with van der Waals surface area (Å²) < 4.78 is 33.7. The summed E-state index contributed by atoms with van der Waals surface area (Å²) in [5.41, 5.74) is 1.79. The van der Waals surface area contributed by atoms with E-state index >= 15 is 0 Å². The molecule has 196 valence electrons. The van der Waals surface area contributed by atoms with Crippen LogP contribution < -0.4 is 14.2 Å². The molecule has 2 aromatic carbocycles. The second-order valence-electron chi connectivity index (χ2n) is 7.75. The van der Waals surface area contributed by atoms with Crippen molar-refractivity contribution in [2.24, 2.45) is 0 Å². The normalized spacial score (nSPS) is 12.4. The molecule has 0 saturated heterocycles. The zero-order chi connectivity index (χ0) is 26.8. The smallest absolute Gasteiger partial charge is 0.308 e. The van der Waals surface area contributed by atoms with Gasteiger partial charge in [-0.05, 0) is 44.5 Å². The van der Waals surface area contributed by atoms with Crippen LogP contribution >= 0.6 is 23.8 Å². The number of carbonyl (C=O) groups is 1. The van der Waals surface area contributed by atoms with Gasteiger partial charge in [0, 0.05) is 33.8 Å². The first-order chi connectivity index (χ1) is 17.2. The number of carbonyl (C=O) groups excluding carboxylic acids is 1. The van der Waals surface area contributed by atoms with E-state index in [4.69, 9.17) is 57.6 Å². The van der Waals surface area contributed by atoms with Crippen molar-refractivity contribution >= 4 is 40.4 Å². The molecule has 10 heteroatoms. The quantitative estimate of drug-likeness (QED) is 0.145. The maximum absolute atomic E-state index is 12.3. The fraction of sp³-hybridized carbons (Fsp3) is 0.423. The van der Waals surface area contributed by atoms with E-state index in [0.717, 1.165) is 0 Å². The number of benzene rings is 2. The van der Waals surface area contributed by atoms with E-state index in [9.17, 15) is 4.79 Å². The molecule has 0 fully saturated rings. The number of methoxy groups -OCH3 is 3. The van der Waals surface area contributed by atoms with E-state index in [1.165, 1.54) is 21.3 Å². The summed E-state index contributed by atoms with van der Waals surface area (Å²) >= 11 is 11.9. The van der Waals surface area contributed by atoms with Crippen LogP contribution in [0.2, 0.25) is 5.02 Å². The Morgan fingerprint density at radius 1 is 1.08 bits per heavy atom. The number of esters is 1. The first-order valence-corrected chi connectivity index (χ1v) is 12.0. The summed E-state index contributed by atoms with van der Waals surface area (Å²) in [5.74, 6) is 0.815. The maximum Gasteiger partial charge on any atom is 0.308 e. The van der Waals surface area contributed by atoms with Crippen LogP contribution in [0.25, 0.3) is 0 Å². The van der Waals surface area contributed by atoms with Crippen molar-refractivity contribution < 1.29 is 33.2 Å². The van der Waals surface area contributed by atoms with Gasteiger partial charge in [0.25, 0.3) is 0 Å². The molecule has 0 unspecified atom stereocenters. The monoisotopic (exact) mass is 537 g/mol. The minimum atomic E-state index is -0.869. The Morgan fingerprint density at radius 3 is 2.36 bits per heavy atom. The van der Waals surface area contributed by atoms with Crippen molar-refractivity contribution in [3.63, 3.8) is 0 Å². The van der Waals surface area contributed by atoms with E-state index in [1.54, 1.807) is 45.0 Å². The molecule has 0 aliphatic carbocycles. The molecule has 0 aliphatic heterocycles. The predicted octanol–water partition coefficient (Wildman–Crippen LogP) is 5.55. The first kappa shape index (κ1) is 29.5. The highest BCUT2D eigenvalue weighted by atomic mass is 35.5. The third kappa shape index (κ3) is 7.39. The van der Waals surface area contributed by atoms with Crippen molar-refractivity contribution in [3.05, 3.63) is 52.0 Å². The molecule has 0 spiro atoms. The maximum atomic E-state index is 12.3. The molecule has 0 aliphatic rings. The van der Waals surface area contributed by atoms with Crippen LogP contribution in [0.3, 0.4) is 0 Å². The van der Waals surface area contributed by atoms with E-state index in [-0.39, 0.29) is 25.5 Å². The molecule has 2 aromatic rings. The fourth-order valence-electron chi connectivity index (χ4n) is 3.70. The molecule has 0 saturated carbocycles. The summed E-state index contributed by atoms with van der Waals surface area (Å²) in [6, 6.07) is 8.66. The number of thiocarbonyl (C=S) groups is 1. The Morgan fingerprint density at radius 2 is 1.81 bits per heavy atom. The molecule has 0 aromatic heterocycles. The van der Waals surface area contributed by atoms with Gasteiger partial charge in [0.05, 0.1) is 27.2 Å². The lowest BCUT2D eigenvalue weighted by Gasteiger charge is -2.29. The lowest BCUT2D eigenvalue weighted by Crippen LogP contribution is -2.28. The lowest BCUT2D eigenvalue weighted by molar-refractivity contribution is -0.145. The van der Waals surface area contributed by atoms with Gasteiger partial charge in [0.15, 0.2) is 18.3 Å². The van der Waals surface area contributed by atoms with Crippen LogP contribution in [0, 0.1) is 5.41 Å². The average Bonchev–Trinajstić information content (AvgIpc) is 2.83. The third-order valence-electron chi connectivity index (χ3n) is 5.21. The highest BCUT2D eigenvalue weighted by molar-refractivity contribution is 7.80. The van der Waals surface area contributed by atoms with Crippen LogP contribution in [0.1, 0.15) is 50.0 Å². The Labute approximate surface area is 222 Å². The second-order valence-corrected chi connectivity index (χ2v) is 8.83. The molecule has 0 radical (unpaired) electrons. The molecule has 8 nitrogen and oxygen atoms in total. The topological polar surface area (TPSA) is 96.3 Å². The Balaban J connectivity index is 2.80. The number of nitrogens with one attached hydrogen (secondary N) is 1. The lowest BCUT2D eigenvalue weighted by atomic mass is 9.92. The minimum absolute atomic E-state index is 0.0431. The van der Waals surface area contributed by atoms with Crippen LogP contribution in [0.15, 0.2) is 30.3 Å². The van der Waals surface area contributed by atoms with Gasteiger partial charge in [-0.1, -0.05) is 36.0 Å². The highest BCUT2D eigenvalue weighted by Gasteiger charge is 2.31. The van der Waals surface area contributed by atoms with E-state index in [0.29, 0.717) is 43.8 Å². The largest absolute Gasteiger partial charge is 0.493 e.